The molecule has 0 fully saturated rings. The van der Waals surface area contributed by atoms with Crippen LogP contribution in [0.25, 0.3) is 10.4 Å². The van der Waals surface area contributed by atoms with E-state index in [4.69, 9.17) is 0 Å². The van der Waals surface area contributed by atoms with Gasteiger partial charge in [-0.3, -0.25) is 0 Å². The summed E-state index contributed by atoms with van der Waals surface area (Å²) in [6, 6.07) is 13.6. The number of hydrogen-bond acceptors (Lipinski definition) is 3. The van der Waals surface area contributed by atoms with Gasteiger partial charge in [0, 0.05) is 22.3 Å². The fraction of sp³-hybridized carbons (Fsp3) is 0.375. The Labute approximate surface area is 120 Å². The molecule has 0 amide bonds. The van der Waals surface area contributed by atoms with E-state index in [9.17, 15) is 0 Å². The van der Waals surface area contributed by atoms with Crippen LogP contribution in [-0.2, 0) is 6.54 Å². The minimum Gasteiger partial charge on any atom is -0.313 e. The molecule has 2 aromatic rings. The van der Waals surface area contributed by atoms with E-state index >= 15 is 0 Å². The first-order valence-electron chi connectivity index (χ1n) is 6.62. The molecule has 1 aromatic carbocycles. The largest absolute Gasteiger partial charge is 0.313 e. The zero-order valence-electron chi connectivity index (χ0n) is 12.1. The molecule has 102 valence electrons. The first-order valence-corrected chi connectivity index (χ1v) is 7.43. The van der Waals surface area contributed by atoms with Crippen LogP contribution in [0.2, 0.25) is 0 Å². The Hall–Kier alpha value is -1.16. The van der Waals surface area contributed by atoms with Crippen molar-refractivity contribution in [2.75, 3.05) is 21.1 Å². The van der Waals surface area contributed by atoms with Crippen LogP contribution in [-0.4, -0.2) is 26.0 Å². The topological polar surface area (TPSA) is 15.3 Å². The van der Waals surface area contributed by atoms with Gasteiger partial charge in [0.15, 0.2) is 0 Å². The molecule has 1 aromatic heterocycles. The van der Waals surface area contributed by atoms with Crippen molar-refractivity contribution in [3.8, 4) is 10.4 Å². The van der Waals surface area contributed by atoms with E-state index in [-0.39, 0.29) is 0 Å². The molecule has 2 rings (SSSR count). The third-order valence-electron chi connectivity index (χ3n) is 3.26. The predicted octanol–water partition coefficient (Wildman–Crippen LogP) is 3.76. The maximum atomic E-state index is 3.30. The zero-order valence-corrected chi connectivity index (χ0v) is 12.9. The van der Waals surface area contributed by atoms with Crippen molar-refractivity contribution in [1.82, 2.24) is 10.2 Å². The highest BCUT2D eigenvalue weighted by Crippen LogP contribution is 2.33. The van der Waals surface area contributed by atoms with Crippen LogP contribution < -0.4 is 5.32 Å². The molecule has 1 unspecified atom stereocenters. The average Bonchev–Trinajstić information content (AvgIpc) is 2.87. The van der Waals surface area contributed by atoms with Gasteiger partial charge < -0.3 is 10.2 Å². The van der Waals surface area contributed by atoms with Gasteiger partial charge in [0.05, 0.1) is 0 Å². The Bertz CT molecular complexity index is 531. The summed E-state index contributed by atoms with van der Waals surface area (Å²) in [5.41, 5.74) is 2.74. The molecule has 1 atom stereocenters. The second-order valence-corrected chi connectivity index (χ2v) is 6.22. The normalized spacial score (nSPS) is 12.9. The molecule has 0 bridgehead atoms. The van der Waals surface area contributed by atoms with Gasteiger partial charge in [-0.15, -0.1) is 11.3 Å². The fourth-order valence-corrected chi connectivity index (χ4v) is 3.24. The lowest BCUT2D eigenvalue weighted by Crippen LogP contribution is -2.11. The first kappa shape index (κ1) is 14.3. The quantitative estimate of drug-likeness (QED) is 0.893. The fourth-order valence-electron chi connectivity index (χ4n) is 2.11. The molecular formula is C16H22N2S. The molecule has 1 N–H and O–H groups in total. The molecule has 0 radical (unpaired) electrons. The minimum atomic E-state index is 0.416. The highest BCUT2D eigenvalue weighted by Gasteiger charge is 2.10. The van der Waals surface area contributed by atoms with Gasteiger partial charge in [-0.2, -0.15) is 0 Å². The maximum absolute atomic E-state index is 3.30. The van der Waals surface area contributed by atoms with E-state index in [2.05, 4.69) is 67.6 Å². The van der Waals surface area contributed by atoms with E-state index in [1.54, 1.807) is 0 Å². The van der Waals surface area contributed by atoms with E-state index in [0.717, 1.165) is 6.54 Å². The Morgan fingerprint density at radius 2 is 1.89 bits per heavy atom. The summed E-state index contributed by atoms with van der Waals surface area (Å²) in [7, 11) is 6.23. The molecule has 3 heteroatoms. The van der Waals surface area contributed by atoms with Crippen molar-refractivity contribution in [2.24, 2.45) is 0 Å². The summed E-state index contributed by atoms with van der Waals surface area (Å²) >= 11 is 1.88. The van der Waals surface area contributed by atoms with Gasteiger partial charge in [-0.1, -0.05) is 24.3 Å². The van der Waals surface area contributed by atoms with Crippen molar-refractivity contribution in [3.63, 3.8) is 0 Å². The summed E-state index contributed by atoms with van der Waals surface area (Å²) in [6.07, 6.45) is 0. The van der Waals surface area contributed by atoms with Crippen molar-refractivity contribution in [1.29, 1.82) is 0 Å². The van der Waals surface area contributed by atoms with Crippen LogP contribution in [0.4, 0.5) is 0 Å². The number of nitrogens with one attached hydrogen (secondary N) is 1. The van der Waals surface area contributed by atoms with E-state index in [0.29, 0.717) is 6.04 Å². The monoisotopic (exact) mass is 274 g/mol. The summed E-state index contributed by atoms with van der Waals surface area (Å²) in [5.74, 6) is 0. The van der Waals surface area contributed by atoms with Crippen molar-refractivity contribution < 1.29 is 0 Å². The lowest BCUT2D eigenvalue weighted by atomic mass is 10.1. The van der Waals surface area contributed by atoms with Crippen LogP contribution >= 0.6 is 11.3 Å². The number of thiophene rings is 1. The number of hydrogen-bond donors (Lipinski definition) is 1. The van der Waals surface area contributed by atoms with Gasteiger partial charge in [0.2, 0.25) is 0 Å². The van der Waals surface area contributed by atoms with E-state index in [1.165, 1.54) is 20.9 Å². The molecule has 0 spiro atoms. The molecule has 2 nitrogen and oxygen atoms in total. The molecule has 0 saturated carbocycles. The van der Waals surface area contributed by atoms with E-state index < -0.39 is 0 Å². The maximum Gasteiger partial charge on any atom is 0.0383 e. The molecule has 0 aliphatic rings. The van der Waals surface area contributed by atoms with Gasteiger partial charge in [0.1, 0.15) is 0 Å². The van der Waals surface area contributed by atoms with Crippen LogP contribution in [0.15, 0.2) is 36.4 Å². The predicted molar refractivity (Wildman–Crippen MR) is 84.6 cm³/mol. The highest BCUT2D eigenvalue weighted by atomic mass is 32.1. The SMILES string of the molecule is CNC(C)c1ccc(-c2ccccc2CN(C)C)s1. The smallest absolute Gasteiger partial charge is 0.0383 e. The van der Waals surface area contributed by atoms with Gasteiger partial charge >= 0.3 is 0 Å². The second kappa shape index (κ2) is 6.33. The van der Waals surface area contributed by atoms with Crippen LogP contribution in [0, 0.1) is 0 Å². The molecule has 0 saturated heterocycles. The molecule has 0 aliphatic carbocycles. The van der Waals surface area contributed by atoms with Gasteiger partial charge in [-0.05, 0) is 51.3 Å². The third-order valence-corrected chi connectivity index (χ3v) is 4.56. The van der Waals surface area contributed by atoms with Crippen LogP contribution in [0.5, 0.6) is 0 Å². The van der Waals surface area contributed by atoms with Crippen molar-refractivity contribution in [2.45, 2.75) is 19.5 Å². The lowest BCUT2D eigenvalue weighted by Gasteiger charge is -2.13. The zero-order chi connectivity index (χ0) is 13.8. The van der Waals surface area contributed by atoms with Crippen LogP contribution in [0.3, 0.4) is 0 Å². The molecule has 0 aliphatic heterocycles. The van der Waals surface area contributed by atoms with Crippen molar-refractivity contribution >= 4 is 11.3 Å². The Morgan fingerprint density at radius 3 is 2.58 bits per heavy atom. The Morgan fingerprint density at radius 1 is 1.16 bits per heavy atom. The first-order chi connectivity index (χ1) is 9.11. The van der Waals surface area contributed by atoms with E-state index in [1.807, 2.05) is 18.4 Å². The third kappa shape index (κ3) is 3.44. The van der Waals surface area contributed by atoms with Gasteiger partial charge in [-0.25, -0.2) is 0 Å². The lowest BCUT2D eigenvalue weighted by molar-refractivity contribution is 0.403. The Kier molecular flexibility index (Phi) is 4.75. The number of nitrogens with zero attached hydrogens (tertiary/aromatic N) is 1. The number of benzene rings is 1. The molecule has 1 heterocycles. The van der Waals surface area contributed by atoms with Crippen LogP contribution in [0.1, 0.15) is 23.4 Å². The minimum absolute atomic E-state index is 0.416. The summed E-state index contributed by atoms with van der Waals surface area (Å²) < 4.78 is 0. The summed E-state index contributed by atoms with van der Waals surface area (Å²) in [6.45, 7) is 3.17. The second-order valence-electron chi connectivity index (χ2n) is 5.11. The average molecular weight is 274 g/mol. The van der Waals surface area contributed by atoms with Crippen molar-refractivity contribution in [3.05, 3.63) is 46.8 Å². The summed E-state index contributed by atoms with van der Waals surface area (Å²) in [5, 5.41) is 3.30. The highest BCUT2D eigenvalue weighted by molar-refractivity contribution is 7.15. The molecular weight excluding hydrogens is 252 g/mol. The summed E-state index contributed by atoms with van der Waals surface area (Å²) in [4.78, 5) is 4.95. The Balaban J connectivity index is 2.33. The standard InChI is InChI=1S/C16H22N2S/c1-12(17-2)15-9-10-16(19-15)14-8-6-5-7-13(14)11-18(3)4/h5-10,12,17H,11H2,1-4H3. The van der Waals surface area contributed by atoms with Gasteiger partial charge in [0.25, 0.3) is 0 Å². The molecule has 19 heavy (non-hydrogen) atoms. The number of rotatable bonds is 5.